The zero-order valence-corrected chi connectivity index (χ0v) is 9.56. The van der Waals surface area contributed by atoms with Crippen LogP contribution in [0.1, 0.15) is 6.92 Å². The predicted molar refractivity (Wildman–Crippen MR) is 60.1 cm³/mol. The van der Waals surface area contributed by atoms with Gasteiger partial charge in [-0.1, -0.05) is 6.92 Å². The Morgan fingerprint density at radius 3 is 3.15 bits per heavy atom. The normalized spacial score (nSPS) is 10.0. The fourth-order valence-corrected chi connectivity index (χ4v) is 2.68. The van der Waals surface area contributed by atoms with E-state index in [1.807, 2.05) is 11.4 Å². The van der Waals surface area contributed by atoms with E-state index in [1.54, 1.807) is 23.1 Å². The number of anilines is 1. The summed E-state index contributed by atoms with van der Waals surface area (Å²) in [7, 11) is 0. The van der Waals surface area contributed by atoms with Crippen LogP contribution in [-0.2, 0) is 4.79 Å². The maximum absolute atomic E-state index is 10.5. The number of hydrogen-bond acceptors (Lipinski definition) is 4. The molecule has 0 radical (unpaired) electrons. The van der Waals surface area contributed by atoms with Crippen LogP contribution >= 0.6 is 34.7 Å². The molecule has 0 unspecified atom stereocenters. The molecule has 72 valence electrons. The average molecular weight is 236 g/mol. The van der Waals surface area contributed by atoms with Gasteiger partial charge in [0.2, 0.25) is 5.24 Å². The number of carbonyl (C=O) groups excluding carboxylic acids is 1. The minimum absolute atomic E-state index is 0.194. The molecule has 1 N–H and O–H groups in total. The monoisotopic (exact) mass is 235 g/mol. The van der Waals surface area contributed by atoms with E-state index >= 15 is 0 Å². The van der Waals surface area contributed by atoms with Crippen molar-refractivity contribution in [3.63, 3.8) is 0 Å². The first-order valence-electron chi connectivity index (χ1n) is 3.86. The molecule has 0 bridgehead atoms. The first-order valence-corrected chi connectivity index (χ1v) is 6.11. The van der Waals surface area contributed by atoms with Gasteiger partial charge in [-0.25, -0.2) is 0 Å². The lowest BCUT2D eigenvalue weighted by atomic mass is 10.6. The Kier molecular flexibility index (Phi) is 4.62. The highest BCUT2D eigenvalue weighted by atomic mass is 35.5. The van der Waals surface area contributed by atoms with Crippen molar-refractivity contribution in [3.05, 3.63) is 11.4 Å². The van der Waals surface area contributed by atoms with Crippen molar-refractivity contribution in [2.45, 2.75) is 11.8 Å². The number of thiophene rings is 1. The zero-order chi connectivity index (χ0) is 9.68. The molecule has 0 fully saturated rings. The molecule has 1 aromatic heterocycles. The fraction of sp³-hybridized carbons (Fsp3) is 0.375. The fourth-order valence-electron chi connectivity index (χ4n) is 0.845. The maximum atomic E-state index is 10.5. The van der Waals surface area contributed by atoms with Crippen LogP contribution in [0.5, 0.6) is 0 Å². The smallest absolute Gasteiger partial charge is 0.240 e. The highest BCUT2D eigenvalue weighted by Gasteiger charge is 2.04. The molecule has 13 heavy (non-hydrogen) atoms. The van der Waals surface area contributed by atoms with Gasteiger partial charge in [-0.05, 0) is 28.8 Å². The van der Waals surface area contributed by atoms with Gasteiger partial charge < -0.3 is 5.32 Å². The van der Waals surface area contributed by atoms with Gasteiger partial charge in [0.15, 0.2) is 0 Å². The van der Waals surface area contributed by atoms with Gasteiger partial charge in [-0.15, -0.1) is 23.1 Å². The van der Waals surface area contributed by atoms with Crippen LogP contribution in [0.25, 0.3) is 0 Å². The summed E-state index contributed by atoms with van der Waals surface area (Å²) in [6.45, 7) is 2.29. The molecule has 0 aliphatic rings. The Balaban J connectivity index is 2.54. The molecular weight excluding hydrogens is 226 g/mol. The minimum Gasteiger partial charge on any atom is -0.368 e. The van der Waals surface area contributed by atoms with E-state index in [4.69, 9.17) is 11.6 Å². The summed E-state index contributed by atoms with van der Waals surface area (Å²) in [5.74, 6) is 1.03. The molecule has 1 heterocycles. The third-order valence-electron chi connectivity index (χ3n) is 1.32. The quantitative estimate of drug-likeness (QED) is 0.628. The highest BCUT2D eigenvalue weighted by molar-refractivity contribution is 7.99. The first-order chi connectivity index (χ1) is 6.24. The Morgan fingerprint density at radius 1 is 1.77 bits per heavy atom. The summed E-state index contributed by atoms with van der Waals surface area (Å²) in [4.78, 5) is 11.7. The molecule has 0 spiro atoms. The van der Waals surface area contributed by atoms with Crippen molar-refractivity contribution < 1.29 is 4.79 Å². The van der Waals surface area contributed by atoms with Crippen LogP contribution in [0.2, 0.25) is 0 Å². The van der Waals surface area contributed by atoms with Crippen molar-refractivity contribution in [3.8, 4) is 0 Å². The lowest BCUT2D eigenvalue weighted by Crippen LogP contribution is -2.06. The van der Waals surface area contributed by atoms with Crippen LogP contribution in [0.15, 0.2) is 16.3 Å². The molecule has 2 nitrogen and oxygen atoms in total. The molecule has 0 aliphatic carbocycles. The molecular formula is C8H10ClNOS2. The summed E-state index contributed by atoms with van der Waals surface area (Å²) >= 11 is 8.56. The predicted octanol–water partition coefficient (Wildman–Crippen LogP) is 3.04. The molecule has 0 aliphatic heterocycles. The Labute approximate surface area is 90.7 Å². The Bertz CT molecular complexity index is 287. The van der Waals surface area contributed by atoms with Gasteiger partial charge in [-0.3, -0.25) is 4.79 Å². The first kappa shape index (κ1) is 10.9. The summed E-state index contributed by atoms with van der Waals surface area (Å²) in [5, 5.41) is 5.66. The lowest BCUT2D eigenvalue weighted by Gasteiger charge is -2.02. The van der Waals surface area contributed by atoms with Gasteiger partial charge in [0, 0.05) is 4.90 Å². The maximum Gasteiger partial charge on any atom is 0.240 e. The summed E-state index contributed by atoms with van der Waals surface area (Å²) in [6.07, 6.45) is 0. The van der Waals surface area contributed by atoms with Crippen LogP contribution in [-0.4, -0.2) is 17.5 Å². The minimum atomic E-state index is -0.360. The summed E-state index contributed by atoms with van der Waals surface area (Å²) in [6, 6.07) is 2.04. The molecule has 0 atom stereocenters. The SMILES string of the molecule is CCSc1ccsc1NCC(=O)Cl. The zero-order valence-electron chi connectivity index (χ0n) is 7.17. The second kappa shape index (κ2) is 5.52. The van der Waals surface area contributed by atoms with Crippen molar-refractivity contribution in [1.29, 1.82) is 0 Å². The average Bonchev–Trinajstić information content (AvgIpc) is 2.49. The molecule has 0 saturated heterocycles. The molecule has 0 aromatic carbocycles. The largest absolute Gasteiger partial charge is 0.368 e. The molecule has 5 heteroatoms. The molecule has 1 rings (SSSR count). The van der Waals surface area contributed by atoms with Crippen molar-refractivity contribution in [1.82, 2.24) is 0 Å². The summed E-state index contributed by atoms with van der Waals surface area (Å²) < 4.78 is 0. The van der Waals surface area contributed by atoms with E-state index in [2.05, 4.69) is 12.2 Å². The van der Waals surface area contributed by atoms with Crippen LogP contribution in [0.3, 0.4) is 0 Å². The molecule has 0 amide bonds. The van der Waals surface area contributed by atoms with Gasteiger partial charge >= 0.3 is 0 Å². The number of rotatable bonds is 5. The van der Waals surface area contributed by atoms with Crippen LogP contribution in [0, 0.1) is 0 Å². The molecule has 0 saturated carbocycles. The van der Waals surface area contributed by atoms with Gasteiger partial charge in [0.25, 0.3) is 0 Å². The third kappa shape index (κ3) is 3.58. The lowest BCUT2D eigenvalue weighted by molar-refractivity contribution is -0.110. The van der Waals surface area contributed by atoms with E-state index in [9.17, 15) is 4.79 Å². The molecule has 1 aromatic rings. The number of carbonyl (C=O) groups is 1. The van der Waals surface area contributed by atoms with Crippen LogP contribution < -0.4 is 5.32 Å². The highest BCUT2D eigenvalue weighted by Crippen LogP contribution is 2.31. The van der Waals surface area contributed by atoms with Crippen molar-refractivity contribution in [2.75, 3.05) is 17.6 Å². The number of nitrogens with one attached hydrogen (secondary N) is 1. The third-order valence-corrected chi connectivity index (χ3v) is 3.39. The second-order valence-corrected chi connectivity index (χ2v) is 4.90. The van der Waals surface area contributed by atoms with E-state index in [1.165, 1.54) is 4.90 Å². The van der Waals surface area contributed by atoms with Gasteiger partial charge in [0.1, 0.15) is 5.00 Å². The van der Waals surface area contributed by atoms with Crippen molar-refractivity contribution >= 4 is 44.9 Å². The standard InChI is InChI=1S/C8H10ClNOS2/c1-2-12-6-3-4-13-8(6)10-5-7(9)11/h3-4,10H,2,5H2,1H3. The van der Waals surface area contributed by atoms with E-state index < -0.39 is 0 Å². The Hall–Kier alpha value is -0.190. The number of thioether (sulfide) groups is 1. The number of halogens is 1. The summed E-state index contributed by atoms with van der Waals surface area (Å²) in [5.41, 5.74) is 0. The van der Waals surface area contributed by atoms with Gasteiger partial charge in [0.05, 0.1) is 6.54 Å². The second-order valence-electron chi connectivity index (χ2n) is 2.26. The number of hydrogen-bond donors (Lipinski definition) is 1. The van der Waals surface area contributed by atoms with E-state index in [-0.39, 0.29) is 11.8 Å². The topological polar surface area (TPSA) is 29.1 Å². The van der Waals surface area contributed by atoms with Crippen LogP contribution in [0.4, 0.5) is 5.00 Å². The Morgan fingerprint density at radius 2 is 2.54 bits per heavy atom. The van der Waals surface area contributed by atoms with Crippen molar-refractivity contribution in [2.24, 2.45) is 0 Å². The van der Waals surface area contributed by atoms with E-state index in [0.29, 0.717) is 0 Å². The van der Waals surface area contributed by atoms with Gasteiger partial charge in [-0.2, -0.15) is 0 Å². The van der Waals surface area contributed by atoms with E-state index in [0.717, 1.165) is 10.8 Å².